The molecule has 4 aromatic rings. The van der Waals surface area contributed by atoms with Gasteiger partial charge in [-0.1, -0.05) is 0 Å². The van der Waals surface area contributed by atoms with E-state index in [1.807, 2.05) is 0 Å². The molecule has 4 heteroatoms. The maximum absolute atomic E-state index is 10.7. The molecule has 0 fully saturated rings. The van der Waals surface area contributed by atoms with Gasteiger partial charge in [0.15, 0.2) is 0 Å². The predicted molar refractivity (Wildman–Crippen MR) is 126 cm³/mol. The molecule has 0 saturated heterocycles. The maximum atomic E-state index is 10.7. The second kappa shape index (κ2) is 11.4. The number of halogens is 1. The van der Waals surface area contributed by atoms with E-state index in [4.69, 9.17) is 11.6 Å². The van der Waals surface area contributed by atoms with Gasteiger partial charge in [0.25, 0.3) is 0 Å². The van der Waals surface area contributed by atoms with Gasteiger partial charge in [0.05, 0.1) is 0 Å². The Morgan fingerprint density at radius 3 is 1.24 bits per heavy atom. The quantitative estimate of drug-likeness (QED) is 0.341. The first-order valence-electron chi connectivity index (χ1n) is 9.15. The summed E-state index contributed by atoms with van der Waals surface area (Å²) in [4.78, 5) is 10.7. The summed E-state index contributed by atoms with van der Waals surface area (Å²) in [5.41, 5.74) is 0.703. The van der Waals surface area contributed by atoms with E-state index in [9.17, 15) is 4.79 Å². The van der Waals surface area contributed by atoms with Crippen molar-refractivity contribution >= 4 is 65.3 Å². The number of hydrogen-bond donors (Lipinski definition) is 0. The zero-order valence-electron chi connectivity index (χ0n) is 15.7. The second-order valence-electron chi connectivity index (χ2n) is 6.27. The summed E-state index contributed by atoms with van der Waals surface area (Å²) in [6, 6.07) is 39.6. The molecule has 142 valence electrons. The standard InChI is InChI=1S/C18H15Ge.C7H4ClOTe/c1-4-10-16(11-5-1)19(17-12-6-2-7-13-17)18-14-8-3-9-15-18;8-6-3-1-5(2-4-6)7(9)10/h1-15H;1-4H. The van der Waals surface area contributed by atoms with Crippen LogP contribution in [0.2, 0.25) is 5.02 Å². The Bertz CT molecular complexity index is 929. The zero-order valence-corrected chi connectivity index (χ0v) is 20.8. The van der Waals surface area contributed by atoms with Gasteiger partial charge in [0, 0.05) is 0 Å². The fourth-order valence-electron chi connectivity index (χ4n) is 2.90. The van der Waals surface area contributed by atoms with Crippen LogP contribution in [0.5, 0.6) is 0 Å². The fraction of sp³-hybridized carbons (Fsp3) is 0. The van der Waals surface area contributed by atoms with Crippen molar-refractivity contribution in [2.45, 2.75) is 0 Å². The number of hydrogen-bond acceptors (Lipinski definition) is 1. The molecule has 29 heavy (non-hydrogen) atoms. The Hall–Kier alpha value is -1.83. The van der Waals surface area contributed by atoms with E-state index in [1.165, 1.54) is 35.5 Å². The van der Waals surface area contributed by atoms with Crippen molar-refractivity contribution in [3.05, 3.63) is 126 Å². The van der Waals surface area contributed by atoms with Crippen molar-refractivity contribution < 1.29 is 4.79 Å². The molecule has 0 aromatic heterocycles. The Kier molecular flexibility index (Phi) is 8.58. The molecular formula is C25H19ClGeOTe. The molecule has 2 radical (unpaired) electrons. The number of carbonyl (C=O) groups is 1. The van der Waals surface area contributed by atoms with Crippen LogP contribution in [0.1, 0.15) is 10.4 Å². The summed E-state index contributed by atoms with van der Waals surface area (Å²) >= 11 is 5.44. The topological polar surface area (TPSA) is 17.1 Å². The molecule has 0 aliphatic carbocycles. The molecule has 0 bridgehead atoms. The average Bonchev–Trinajstić information content (AvgIpc) is 2.77. The molecular weight excluding hydrogens is 552 g/mol. The first-order valence-corrected chi connectivity index (χ1v) is 13.8. The van der Waals surface area contributed by atoms with Gasteiger partial charge < -0.3 is 0 Å². The monoisotopic (exact) mass is 574 g/mol. The van der Waals surface area contributed by atoms with Crippen LogP contribution < -0.4 is 13.2 Å². The SMILES string of the molecule is O=C([Te])c1ccc(Cl)cc1.c1cc[c]([Ge]([c]2ccccc2)[c]2ccccc2)cc1. The van der Waals surface area contributed by atoms with Gasteiger partial charge in [-0.15, -0.1) is 0 Å². The second-order valence-corrected chi connectivity index (χ2v) is 13.0. The van der Waals surface area contributed by atoms with Gasteiger partial charge in [0.2, 0.25) is 0 Å². The minimum absolute atomic E-state index is 0.0764. The summed E-state index contributed by atoms with van der Waals surface area (Å²) in [6.07, 6.45) is 0. The molecule has 0 unspecified atom stereocenters. The molecule has 0 amide bonds. The van der Waals surface area contributed by atoms with Crippen molar-refractivity contribution in [1.29, 1.82) is 0 Å². The average molecular weight is 571 g/mol. The number of carbonyl (C=O) groups excluding carboxylic acids is 1. The fourth-order valence-corrected chi connectivity index (χ4v) is 8.82. The zero-order chi connectivity index (χ0) is 20.5. The normalized spacial score (nSPS) is 10.1. The van der Waals surface area contributed by atoms with E-state index in [0.717, 1.165) is 0 Å². The summed E-state index contributed by atoms with van der Waals surface area (Å²) in [5, 5.41) is 0.659. The number of benzene rings is 4. The van der Waals surface area contributed by atoms with Crippen LogP contribution in [-0.2, 0) is 0 Å². The molecule has 4 aromatic carbocycles. The molecule has 4 rings (SSSR count). The third kappa shape index (κ3) is 6.59. The van der Waals surface area contributed by atoms with E-state index >= 15 is 0 Å². The summed E-state index contributed by atoms with van der Waals surface area (Å²) in [5.74, 6) is 0. The summed E-state index contributed by atoms with van der Waals surface area (Å²) in [7, 11) is 0. The molecule has 0 heterocycles. The van der Waals surface area contributed by atoms with Crippen LogP contribution in [0.3, 0.4) is 0 Å². The van der Waals surface area contributed by atoms with Gasteiger partial charge in [0.1, 0.15) is 0 Å². The Morgan fingerprint density at radius 2 is 0.931 bits per heavy atom. The van der Waals surface area contributed by atoms with Crippen molar-refractivity contribution in [3.8, 4) is 0 Å². The van der Waals surface area contributed by atoms with Crippen LogP contribution >= 0.6 is 11.6 Å². The predicted octanol–water partition coefficient (Wildman–Crippen LogP) is 3.85. The van der Waals surface area contributed by atoms with Gasteiger partial charge in [-0.2, -0.15) is 0 Å². The van der Waals surface area contributed by atoms with Gasteiger partial charge in [-0.3, -0.25) is 0 Å². The summed E-state index contributed by atoms with van der Waals surface area (Å²) < 4.78 is 4.58. The third-order valence-corrected chi connectivity index (χ3v) is 10.9. The number of rotatable bonds is 4. The first-order chi connectivity index (χ1) is 14.1. The molecule has 0 N–H and O–H groups in total. The van der Waals surface area contributed by atoms with Gasteiger partial charge in [-0.25, -0.2) is 0 Å². The van der Waals surface area contributed by atoms with Crippen LogP contribution in [-0.4, -0.2) is 40.5 Å². The van der Waals surface area contributed by atoms with Crippen LogP contribution in [0.4, 0.5) is 0 Å². The van der Waals surface area contributed by atoms with Crippen LogP contribution in [0, 0.1) is 0 Å². The Morgan fingerprint density at radius 1 is 0.586 bits per heavy atom. The van der Waals surface area contributed by atoms with E-state index in [1.54, 1.807) is 24.3 Å². The van der Waals surface area contributed by atoms with Crippen molar-refractivity contribution in [1.82, 2.24) is 0 Å². The first kappa shape index (κ1) is 21.9. The molecule has 0 aliphatic rings. The van der Waals surface area contributed by atoms with E-state index < -0.39 is 14.3 Å². The molecule has 0 atom stereocenters. The van der Waals surface area contributed by atoms with Crippen molar-refractivity contribution in [3.63, 3.8) is 0 Å². The van der Waals surface area contributed by atoms with E-state index in [2.05, 4.69) is 91.0 Å². The Balaban J connectivity index is 0.000000204. The van der Waals surface area contributed by atoms with Crippen LogP contribution in [0.15, 0.2) is 115 Å². The van der Waals surface area contributed by atoms with E-state index in [-0.39, 0.29) is 3.83 Å². The third-order valence-electron chi connectivity index (χ3n) is 4.27. The van der Waals surface area contributed by atoms with Crippen LogP contribution in [0.25, 0.3) is 0 Å². The molecule has 0 saturated carbocycles. The minimum atomic E-state index is -1.63. The Labute approximate surface area is 194 Å². The van der Waals surface area contributed by atoms with Gasteiger partial charge in [-0.05, 0) is 0 Å². The van der Waals surface area contributed by atoms with Gasteiger partial charge >= 0.3 is 196 Å². The van der Waals surface area contributed by atoms with E-state index in [0.29, 0.717) is 10.6 Å². The molecule has 0 aliphatic heterocycles. The molecule has 0 spiro atoms. The summed E-state index contributed by atoms with van der Waals surface area (Å²) in [6.45, 7) is 0. The van der Waals surface area contributed by atoms with Crippen molar-refractivity contribution in [2.24, 2.45) is 0 Å². The van der Waals surface area contributed by atoms with Crippen molar-refractivity contribution in [2.75, 3.05) is 0 Å². The molecule has 1 nitrogen and oxygen atoms in total.